The highest BCUT2D eigenvalue weighted by Crippen LogP contribution is 2.44. The van der Waals surface area contributed by atoms with E-state index in [0.717, 1.165) is 35.8 Å². The van der Waals surface area contributed by atoms with Crippen molar-refractivity contribution < 1.29 is 0 Å². The van der Waals surface area contributed by atoms with Crippen molar-refractivity contribution in [2.24, 2.45) is 0 Å². The van der Waals surface area contributed by atoms with Crippen LogP contribution in [0.2, 0.25) is 0 Å². The van der Waals surface area contributed by atoms with Crippen LogP contribution in [-0.4, -0.2) is 41.8 Å². The molecule has 0 saturated carbocycles. The fraction of sp³-hybridized carbons (Fsp3) is 0.312. The Morgan fingerprint density at radius 3 is 2.10 bits per heavy atom. The molecule has 3 heterocycles. The van der Waals surface area contributed by atoms with Crippen LogP contribution in [0.15, 0.2) is 79.0 Å². The molecule has 39 heavy (non-hydrogen) atoms. The van der Waals surface area contributed by atoms with Gasteiger partial charge in [-0.1, -0.05) is 6.07 Å². The summed E-state index contributed by atoms with van der Waals surface area (Å²) in [5.41, 5.74) is 9.24. The zero-order chi connectivity index (χ0) is 27.7. The lowest BCUT2D eigenvalue weighted by molar-refractivity contribution is 0.565. The lowest BCUT2D eigenvalue weighted by atomic mass is 9.96. The summed E-state index contributed by atoms with van der Waals surface area (Å²) in [4.78, 5) is 11.5. The molecule has 1 N–H and O–H groups in total. The van der Waals surface area contributed by atoms with E-state index in [4.69, 9.17) is 17.2 Å². The Balaban J connectivity index is 1.60. The molecule has 1 saturated heterocycles. The number of aryl methyl sites for hydroxylation is 1. The van der Waals surface area contributed by atoms with Crippen molar-refractivity contribution in [3.8, 4) is 5.69 Å². The first-order valence-corrected chi connectivity index (χ1v) is 14.1. The van der Waals surface area contributed by atoms with Crippen LogP contribution >= 0.6 is 12.2 Å². The highest BCUT2D eigenvalue weighted by Gasteiger charge is 2.42. The van der Waals surface area contributed by atoms with Crippen molar-refractivity contribution in [2.45, 2.75) is 39.8 Å². The third-order valence-corrected chi connectivity index (χ3v) is 8.08. The standard InChI is InChI=1S/C32H38N6S/c1-7-36(8-2)25-14-18-26(19-15-25)37-22(3)21-28(23(37)4)31-30(29-11-9-10-20-33-29)34-32(39)38(31)27-16-12-24(13-17-27)35(5)6/h9-21,30-31H,7-8H2,1-6H3,(H,34,39). The summed E-state index contributed by atoms with van der Waals surface area (Å²) in [5.74, 6) is 0. The zero-order valence-corrected chi connectivity index (χ0v) is 24.5. The van der Waals surface area contributed by atoms with E-state index in [0.29, 0.717) is 5.11 Å². The van der Waals surface area contributed by atoms with Crippen LogP contribution in [0.1, 0.15) is 48.6 Å². The number of pyridine rings is 1. The van der Waals surface area contributed by atoms with Crippen LogP contribution in [0.4, 0.5) is 17.1 Å². The first-order chi connectivity index (χ1) is 18.8. The Labute approximate surface area is 237 Å². The lowest BCUT2D eigenvalue weighted by Gasteiger charge is -2.28. The van der Waals surface area contributed by atoms with Gasteiger partial charge in [0.1, 0.15) is 0 Å². The van der Waals surface area contributed by atoms with Gasteiger partial charge in [-0.15, -0.1) is 0 Å². The van der Waals surface area contributed by atoms with E-state index in [-0.39, 0.29) is 12.1 Å². The van der Waals surface area contributed by atoms with Crippen LogP contribution in [0.25, 0.3) is 5.69 Å². The molecule has 1 fully saturated rings. The molecule has 0 bridgehead atoms. The van der Waals surface area contributed by atoms with Gasteiger partial charge in [0, 0.05) is 67.5 Å². The Kier molecular flexibility index (Phi) is 7.62. The Hall–Kier alpha value is -3.84. The van der Waals surface area contributed by atoms with Crippen LogP contribution < -0.4 is 20.0 Å². The van der Waals surface area contributed by atoms with Gasteiger partial charge in [-0.25, -0.2) is 0 Å². The molecule has 0 radical (unpaired) electrons. The van der Waals surface area contributed by atoms with Crippen LogP contribution in [0.5, 0.6) is 0 Å². The fourth-order valence-electron chi connectivity index (χ4n) is 5.75. The first-order valence-electron chi connectivity index (χ1n) is 13.7. The molecular weight excluding hydrogens is 500 g/mol. The SMILES string of the molecule is CCN(CC)c1ccc(-n2c(C)cc(C3C(c4ccccn4)NC(=S)N3c3ccc(N(C)C)cc3)c2C)cc1. The van der Waals surface area contributed by atoms with Crippen LogP contribution in [0, 0.1) is 13.8 Å². The van der Waals surface area contributed by atoms with Crippen molar-refractivity contribution in [3.05, 3.63) is 102 Å². The van der Waals surface area contributed by atoms with E-state index in [1.165, 1.54) is 22.6 Å². The molecule has 0 aliphatic carbocycles. The molecule has 2 aromatic heterocycles. The van der Waals surface area contributed by atoms with Crippen molar-refractivity contribution in [2.75, 3.05) is 41.9 Å². The molecular formula is C32H38N6S. The number of nitrogens with one attached hydrogen (secondary N) is 1. The van der Waals surface area contributed by atoms with E-state index >= 15 is 0 Å². The van der Waals surface area contributed by atoms with E-state index in [1.54, 1.807) is 0 Å². The van der Waals surface area contributed by atoms with E-state index in [1.807, 2.05) is 18.3 Å². The van der Waals surface area contributed by atoms with E-state index < -0.39 is 0 Å². The first kappa shape index (κ1) is 26.8. The van der Waals surface area contributed by atoms with Crippen molar-refractivity contribution in [1.29, 1.82) is 0 Å². The molecule has 7 heteroatoms. The fourth-order valence-corrected chi connectivity index (χ4v) is 6.09. The predicted octanol–water partition coefficient (Wildman–Crippen LogP) is 6.58. The molecule has 1 aliphatic rings. The van der Waals surface area contributed by atoms with Gasteiger partial charge in [0.25, 0.3) is 0 Å². The number of anilines is 3. The van der Waals surface area contributed by atoms with Gasteiger partial charge in [0.2, 0.25) is 0 Å². The summed E-state index contributed by atoms with van der Waals surface area (Å²) in [5, 5.41) is 4.31. The zero-order valence-electron chi connectivity index (χ0n) is 23.7. The second kappa shape index (κ2) is 11.1. The number of hydrogen-bond acceptors (Lipinski definition) is 4. The smallest absolute Gasteiger partial charge is 0.174 e. The van der Waals surface area contributed by atoms with Gasteiger partial charge in [0.05, 0.1) is 17.8 Å². The average molecular weight is 539 g/mol. The monoisotopic (exact) mass is 538 g/mol. The molecule has 2 atom stereocenters. The summed E-state index contributed by atoms with van der Waals surface area (Å²) in [6.07, 6.45) is 1.85. The van der Waals surface area contributed by atoms with Gasteiger partial charge >= 0.3 is 0 Å². The van der Waals surface area contributed by atoms with Crippen LogP contribution in [0.3, 0.4) is 0 Å². The number of hydrogen-bond donors (Lipinski definition) is 1. The van der Waals surface area contributed by atoms with E-state index in [2.05, 4.69) is 127 Å². The quantitative estimate of drug-likeness (QED) is 0.256. The molecule has 0 amide bonds. The second-order valence-electron chi connectivity index (χ2n) is 10.3. The van der Waals surface area contributed by atoms with Crippen molar-refractivity contribution in [3.63, 3.8) is 0 Å². The van der Waals surface area contributed by atoms with Gasteiger partial charge in [-0.3, -0.25) is 4.98 Å². The number of rotatable bonds is 8. The topological polar surface area (TPSA) is 39.6 Å². The summed E-state index contributed by atoms with van der Waals surface area (Å²) in [7, 11) is 4.11. The van der Waals surface area contributed by atoms with E-state index in [9.17, 15) is 0 Å². The molecule has 5 rings (SSSR count). The maximum Gasteiger partial charge on any atom is 0.174 e. The second-order valence-corrected chi connectivity index (χ2v) is 10.6. The van der Waals surface area contributed by atoms with Gasteiger partial charge in [0.15, 0.2) is 5.11 Å². The lowest BCUT2D eigenvalue weighted by Crippen LogP contribution is -2.29. The highest BCUT2D eigenvalue weighted by atomic mass is 32.1. The molecule has 6 nitrogen and oxygen atoms in total. The maximum absolute atomic E-state index is 5.96. The number of nitrogens with zero attached hydrogens (tertiary/aromatic N) is 5. The number of thiocarbonyl (C=S) groups is 1. The molecule has 0 spiro atoms. The molecule has 2 aromatic carbocycles. The van der Waals surface area contributed by atoms with Gasteiger partial charge in [-0.05, 0) is 112 Å². The Morgan fingerprint density at radius 2 is 1.51 bits per heavy atom. The molecule has 1 aliphatic heterocycles. The van der Waals surface area contributed by atoms with Gasteiger partial charge in [-0.2, -0.15) is 0 Å². The summed E-state index contributed by atoms with van der Waals surface area (Å²) < 4.78 is 2.35. The highest BCUT2D eigenvalue weighted by molar-refractivity contribution is 7.80. The summed E-state index contributed by atoms with van der Waals surface area (Å²) in [6.45, 7) is 10.8. The Morgan fingerprint density at radius 1 is 0.872 bits per heavy atom. The normalized spacial score (nSPS) is 16.9. The minimum absolute atomic E-state index is 0.0486. The van der Waals surface area contributed by atoms with Crippen LogP contribution in [-0.2, 0) is 0 Å². The third kappa shape index (κ3) is 4.99. The molecule has 2 unspecified atom stereocenters. The largest absolute Gasteiger partial charge is 0.378 e. The minimum atomic E-state index is -0.0776. The van der Waals surface area contributed by atoms with Crippen molar-refractivity contribution >= 4 is 34.4 Å². The third-order valence-electron chi connectivity index (χ3n) is 7.77. The summed E-state index contributed by atoms with van der Waals surface area (Å²) >= 11 is 5.96. The maximum atomic E-state index is 5.96. The summed E-state index contributed by atoms with van der Waals surface area (Å²) in [6, 6.07) is 25.8. The number of aromatic nitrogens is 2. The average Bonchev–Trinajstić information content (AvgIpc) is 3.45. The molecule has 202 valence electrons. The molecule has 4 aromatic rings. The number of benzene rings is 2. The Bertz CT molecular complexity index is 1420. The van der Waals surface area contributed by atoms with Crippen molar-refractivity contribution in [1.82, 2.24) is 14.9 Å². The minimum Gasteiger partial charge on any atom is -0.378 e. The predicted molar refractivity (Wildman–Crippen MR) is 168 cm³/mol. The van der Waals surface area contributed by atoms with Gasteiger partial charge < -0.3 is 24.6 Å².